The van der Waals surface area contributed by atoms with Crippen LogP contribution in [0.4, 0.5) is 30.7 Å². The fraction of sp³-hybridized carbons (Fsp3) is 0.394. The molecule has 0 saturated carbocycles. The number of rotatable bonds is 9. The molecule has 2 aliphatic heterocycles. The number of carbonyl (C=O) groups is 2. The van der Waals surface area contributed by atoms with Gasteiger partial charge in [-0.3, -0.25) is 9.59 Å². The van der Waals surface area contributed by atoms with E-state index in [4.69, 9.17) is 0 Å². The Morgan fingerprint density at radius 1 is 0.896 bits per heavy atom. The highest BCUT2D eigenvalue weighted by Gasteiger charge is 2.75. The Bertz CT molecular complexity index is 1660. The van der Waals surface area contributed by atoms with Gasteiger partial charge in [0, 0.05) is 44.6 Å². The Morgan fingerprint density at radius 2 is 1.46 bits per heavy atom. The smallest absolute Gasteiger partial charge is 0.442 e. The van der Waals surface area contributed by atoms with Gasteiger partial charge in [-0.25, -0.2) is 12.8 Å². The predicted octanol–water partition coefficient (Wildman–Crippen LogP) is 6.58. The summed E-state index contributed by atoms with van der Waals surface area (Å²) in [7, 11) is -4.55. The van der Waals surface area contributed by atoms with Gasteiger partial charge in [0.15, 0.2) is 9.84 Å². The molecule has 0 aliphatic carbocycles. The number of hydrogen-bond donors (Lipinski definition) is 0. The molecule has 15 heteroatoms. The number of piperidine rings is 1. The minimum atomic E-state index is -6.05. The lowest BCUT2D eigenvalue weighted by molar-refractivity contribution is -0.379. The van der Waals surface area contributed by atoms with Gasteiger partial charge >= 0.3 is 18.0 Å². The van der Waals surface area contributed by atoms with Gasteiger partial charge in [0.05, 0.1) is 4.90 Å². The molecule has 1 unspecified atom stereocenters. The molecular weight excluding hydrogens is 669 g/mol. The van der Waals surface area contributed by atoms with Crippen molar-refractivity contribution in [2.24, 2.45) is 5.92 Å². The average Bonchev–Trinajstić information content (AvgIpc) is 3.49. The van der Waals surface area contributed by atoms with Crippen molar-refractivity contribution in [3.8, 4) is 0 Å². The van der Waals surface area contributed by atoms with E-state index < -0.39 is 68.0 Å². The summed E-state index contributed by atoms with van der Waals surface area (Å²) >= 11 is 0. The summed E-state index contributed by atoms with van der Waals surface area (Å²) in [5, 5.41) is 0. The third-order valence-electron chi connectivity index (χ3n) is 8.84. The van der Waals surface area contributed by atoms with Gasteiger partial charge in [0.2, 0.25) is 11.8 Å². The molecule has 2 saturated heterocycles. The first-order valence-corrected chi connectivity index (χ1v) is 16.3. The standard InChI is InChI=1S/C33H33F7N2O5S/c1-4-6-27(5-2)47-31(32(35,36)37,33(38,39)40)25-9-7-24(8-10-25)30(48(45,46)28-13-11-26(34)12-14-28)17-20-42(21-30)29(44)23-15-18-41(19-16-23)22(3)43/h4-14,23H,1-2,15-21H2,3H3. The van der Waals surface area contributed by atoms with Crippen LogP contribution in [0.5, 0.6) is 0 Å². The van der Waals surface area contributed by atoms with E-state index in [1.54, 1.807) is 4.90 Å². The van der Waals surface area contributed by atoms with Gasteiger partial charge in [-0.15, -0.1) is 0 Å². The molecule has 2 fully saturated rings. The lowest BCUT2D eigenvalue weighted by Gasteiger charge is -2.38. The first-order chi connectivity index (χ1) is 22.3. The second kappa shape index (κ2) is 13.4. The lowest BCUT2D eigenvalue weighted by atomic mass is 9.88. The third kappa shape index (κ3) is 6.48. The van der Waals surface area contributed by atoms with Crippen molar-refractivity contribution in [1.82, 2.24) is 9.80 Å². The van der Waals surface area contributed by atoms with Crippen molar-refractivity contribution in [3.63, 3.8) is 0 Å². The summed E-state index contributed by atoms with van der Waals surface area (Å²) in [6.45, 7) is 7.94. The van der Waals surface area contributed by atoms with Gasteiger partial charge in [-0.2, -0.15) is 26.3 Å². The number of halogens is 7. The largest absolute Gasteiger partial charge is 0.464 e. The third-order valence-corrected chi connectivity index (χ3v) is 11.3. The Kier molecular flexibility index (Phi) is 10.2. The van der Waals surface area contributed by atoms with E-state index in [1.165, 1.54) is 11.8 Å². The summed E-state index contributed by atoms with van der Waals surface area (Å²) in [6, 6.07) is 6.47. The maximum atomic E-state index is 14.5. The molecule has 2 aromatic carbocycles. The van der Waals surface area contributed by atoms with Crippen molar-refractivity contribution in [1.29, 1.82) is 0 Å². The van der Waals surface area contributed by atoms with Gasteiger partial charge in [-0.05, 0) is 61.2 Å². The maximum absolute atomic E-state index is 14.5. The number of carbonyl (C=O) groups excluding carboxylic acids is 2. The number of nitrogens with zero attached hydrogens (tertiary/aromatic N) is 2. The molecule has 2 heterocycles. The highest BCUT2D eigenvalue weighted by molar-refractivity contribution is 7.92. The minimum Gasteiger partial charge on any atom is -0.464 e. The zero-order chi connectivity index (χ0) is 35.7. The van der Waals surface area contributed by atoms with Crippen LogP contribution in [-0.4, -0.2) is 68.6 Å². The van der Waals surface area contributed by atoms with Crippen LogP contribution in [0.25, 0.3) is 0 Å². The fourth-order valence-electron chi connectivity index (χ4n) is 6.23. The van der Waals surface area contributed by atoms with Crippen LogP contribution >= 0.6 is 0 Å². The zero-order valence-corrected chi connectivity index (χ0v) is 26.6. The predicted molar refractivity (Wildman–Crippen MR) is 161 cm³/mol. The summed E-state index contributed by atoms with van der Waals surface area (Å²) < 4.78 is 132. The molecule has 48 heavy (non-hydrogen) atoms. The van der Waals surface area contributed by atoms with E-state index in [-0.39, 0.29) is 29.3 Å². The lowest BCUT2D eigenvalue weighted by Crippen LogP contribution is -2.55. The molecular formula is C33H33F7N2O5S. The molecule has 2 amide bonds. The Hall–Kier alpha value is -4.14. The number of likely N-dealkylation sites (tertiary alicyclic amines) is 2. The topological polar surface area (TPSA) is 84.0 Å². The van der Waals surface area contributed by atoms with E-state index >= 15 is 0 Å². The van der Waals surface area contributed by atoms with Crippen LogP contribution in [0.3, 0.4) is 0 Å². The Balaban J connectivity index is 1.82. The van der Waals surface area contributed by atoms with Crippen molar-refractivity contribution < 1.29 is 53.5 Å². The van der Waals surface area contributed by atoms with Crippen molar-refractivity contribution in [2.75, 3.05) is 26.2 Å². The summed E-state index contributed by atoms with van der Waals surface area (Å²) in [4.78, 5) is 27.8. The molecule has 7 nitrogen and oxygen atoms in total. The Labute approximate surface area is 273 Å². The number of amides is 2. The van der Waals surface area contributed by atoms with Gasteiger partial charge < -0.3 is 14.5 Å². The second-order valence-corrected chi connectivity index (χ2v) is 13.9. The number of sulfone groups is 1. The first-order valence-electron chi connectivity index (χ1n) is 14.8. The fourth-order valence-corrected chi connectivity index (χ4v) is 8.30. The van der Waals surface area contributed by atoms with Crippen LogP contribution in [-0.2, 0) is 34.5 Å². The molecule has 2 aliphatic rings. The average molecular weight is 703 g/mol. The van der Waals surface area contributed by atoms with E-state index in [0.717, 1.165) is 48.6 Å². The maximum Gasteiger partial charge on any atom is 0.442 e. The van der Waals surface area contributed by atoms with Crippen LogP contribution in [0.2, 0.25) is 0 Å². The number of hydrogen-bond acceptors (Lipinski definition) is 5. The van der Waals surface area contributed by atoms with E-state index in [9.17, 15) is 48.7 Å². The normalized spacial score (nSPS) is 20.0. The van der Waals surface area contributed by atoms with Crippen molar-refractivity contribution >= 4 is 21.7 Å². The number of allylic oxidation sites excluding steroid dienone is 3. The summed E-state index contributed by atoms with van der Waals surface area (Å²) in [6.07, 6.45) is -9.37. The second-order valence-electron chi connectivity index (χ2n) is 11.6. The van der Waals surface area contributed by atoms with Gasteiger partial charge in [0.25, 0.3) is 0 Å². The zero-order valence-electron chi connectivity index (χ0n) is 25.8. The van der Waals surface area contributed by atoms with E-state index in [1.807, 2.05) is 0 Å². The highest BCUT2D eigenvalue weighted by atomic mass is 32.2. The van der Waals surface area contributed by atoms with Crippen molar-refractivity contribution in [2.45, 2.75) is 53.8 Å². The SMILES string of the molecule is C=CC=C(C=C)OC(c1ccc(C2(S(=O)(=O)c3ccc(F)cc3)CCN(C(=O)C3CCN(C(C)=O)CC3)C2)cc1)(C(F)(F)F)C(F)(F)F. The molecule has 0 radical (unpaired) electrons. The van der Waals surface area contributed by atoms with Gasteiger partial charge in [0.1, 0.15) is 16.3 Å². The molecule has 0 bridgehead atoms. The van der Waals surface area contributed by atoms with E-state index in [2.05, 4.69) is 17.9 Å². The minimum absolute atomic E-state index is 0.0961. The van der Waals surface area contributed by atoms with Gasteiger partial charge in [-0.1, -0.05) is 43.5 Å². The quantitative estimate of drug-likeness (QED) is 0.128. The summed E-state index contributed by atoms with van der Waals surface area (Å²) in [5.74, 6) is -2.70. The molecule has 1 atom stereocenters. The van der Waals surface area contributed by atoms with E-state index in [0.29, 0.717) is 44.1 Å². The van der Waals surface area contributed by atoms with Crippen LogP contribution in [0.15, 0.2) is 90.6 Å². The molecule has 2 aromatic rings. The monoisotopic (exact) mass is 702 g/mol. The van der Waals surface area contributed by atoms with Crippen molar-refractivity contribution in [3.05, 3.63) is 103 Å². The molecule has 4 rings (SSSR count). The molecule has 260 valence electrons. The summed E-state index contributed by atoms with van der Waals surface area (Å²) in [5.41, 5.74) is -6.45. The Morgan fingerprint density at radius 3 is 1.94 bits per heavy atom. The first kappa shape index (κ1) is 36.7. The molecule has 0 spiro atoms. The highest BCUT2D eigenvalue weighted by Crippen LogP contribution is 2.54. The number of benzene rings is 2. The van der Waals surface area contributed by atoms with Crippen LogP contribution in [0, 0.1) is 11.7 Å². The number of ether oxygens (including phenoxy) is 1. The van der Waals surface area contributed by atoms with Crippen LogP contribution < -0.4 is 0 Å². The molecule has 0 aromatic heterocycles. The van der Waals surface area contributed by atoms with Crippen LogP contribution in [0.1, 0.15) is 37.3 Å². The number of alkyl halides is 6. The molecule has 0 N–H and O–H groups in total.